The molecule has 2 fully saturated rings. The van der Waals surface area contributed by atoms with E-state index in [0.717, 1.165) is 53.8 Å². The van der Waals surface area contributed by atoms with E-state index >= 15 is 0 Å². The quantitative estimate of drug-likeness (QED) is 0.152. The molecule has 0 spiro atoms. The first-order valence-electron chi connectivity index (χ1n) is 16.6. The van der Waals surface area contributed by atoms with Crippen LogP contribution in [0.15, 0.2) is 29.3 Å². The number of piperidine rings is 1. The van der Waals surface area contributed by atoms with E-state index < -0.39 is 13.7 Å². The molecule has 2 aliphatic rings. The van der Waals surface area contributed by atoms with Crippen LogP contribution < -0.4 is 10.5 Å². The Labute approximate surface area is 282 Å². The van der Waals surface area contributed by atoms with Crippen LogP contribution in [0.5, 0.6) is 0 Å². The molecule has 3 atom stereocenters. The summed E-state index contributed by atoms with van der Waals surface area (Å²) in [5.41, 5.74) is 2.18. The Morgan fingerprint density at radius 2 is 1.77 bits per heavy atom. The first-order chi connectivity index (χ1) is 22.0. The predicted octanol–water partition coefficient (Wildman–Crippen LogP) is 6.62. The summed E-state index contributed by atoms with van der Waals surface area (Å²) in [6, 6.07) is 5.27. The minimum absolute atomic E-state index is 0.0547. The maximum absolute atomic E-state index is 14.4. The largest absolute Gasteiger partial charge is 0.444 e. The lowest BCUT2D eigenvalue weighted by Crippen LogP contribution is -2.53. The molecule has 0 radical (unpaired) electrons. The van der Waals surface area contributed by atoms with Gasteiger partial charge in [0.25, 0.3) is 5.56 Å². The second kappa shape index (κ2) is 12.3. The summed E-state index contributed by atoms with van der Waals surface area (Å²) in [6.07, 6.45) is 7.07. The van der Waals surface area contributed by atoms with Gasteiger partial charge in [0.05, 0.1) is 15.9 Å². The van der Waals surface area contributed by atoms with Gasteiger partial charge in [0.2, 0.25) is 5.95 Å². The van der Waals surface area contributed by atoms with E-state index in [9.17, 15) is 9.59 Å². The fourth-order valence-electron chi connectivity index (χ4n) is 7.04. The summed E-state index contributed by atoms with van der Waals surface area (Å²) in [5.74, 6) is 0.648. The summed E-state index contributed by atoms with van der Waals surface area (Å²) in [7, 11) is 4.22. The molecule has 11 nitrogen and oxygen atoms in total. The Morgan fingerprint density at radius 1 is 1.09 bits per heavy atom. The lowest BCUT2D eigenvalue weighted by Gasteiger charge is -2.43. The number of rotatable bonds is 8. The second-order valence-electron chi connectivity index (χ2n) is 15.5. The first-order valence-corrected chi connectivity index (χ1v) is 20.6. The summed E-state index contributed by atoms with van der Waals surface area (Å²) < 4.78 is 17.3. The van der Waals surface area contributed by atoms with E-state index in [2.05, 4.69) is 29.6 Å². The number of benzene rings is 1. The van der Waals surface area contributed by atoms with Crippen LogP contribution in [-0.2, 0) is 30.3 Å². The van der Waals surface area contributed by atoms with E-state index in [1.54, 1.807) is 21.2 Å². The lowest BCUT2D eigenvalue weighted by molar-refractivity contribution is 0.0186. The lowest BCUT2D eigenvalue weighted by atomic mass is 9.96. The molecule has 2 bridgehead atoms. The van der Waals surface area contributed by atoms with Crippen LogP contribution in [0.1, 0.15) is 46.5 Å². The van der Waals surface area contributed by atoms with Gasteiger partial charge in [-0.2, -0.15) is 10.1 Å². The zero-order valence-corrected chi connectivity index (χ0v) is 30.9. The van der Waals surface area contributed by atoms with Crippen molar-refractivity contribution in [2.45, 2.75) is 103 Å². The molecule has 2 saturated heterocycles. The molecule has 0 aliphatic carbocycles. The number of nitrogens with zero attached hydrogens (tertiary/aromatic N) is 7. The fourth-order valence-corrected chi connectivity index (χ4v) is 8.11. The Morgan fingerprint density at radius 3 is 2.40 bits per heavy atom. The van der Waals surface area contributed by atoms with Gasteiger partial charge in [-0.05, 0) is 58.6 Å². The van der Waals surface area contributed by atoms with Crippen molar-refractivity contribution in [2.75, 3.05) is 18.6 Å². The number of ether oxygens (including phenoxy) is 2. The van der Waals surface area contributed by atoms with Gasteiger partial charge in [0, 0.05) is 82.9 Å². The third kappa shape index (κ3) is 6.56. The summed E-state index contributed by atoms with van der Waals surface area (Å²) in [5, 5.41) is 6.40. The molecule has 5 heterocycles. The second-order valence-corrected chi connectivity index (χ2v) is 21.5. The number of carbonyl (C=O) groups excluding carboxylic acids is 1. The maximum atomic E-state index is 14.4. The van der Waals surface area contributed by atoms with E-state index in [0.29, 0.717) is 28.6 Å². The topological polar surface area (TPSA) is 99.7 Å². The molecule has 3 aromatic heterocycles. The Hall–Kier alpha value is -3.35. The number of aryl methyl sites for hydroxylation is 1. The predicted molar refractivity (Wildman–Crippen MR) is 190 cm³/mol. The summed E-state index contributed by atoms with van der Waals surface area (Å²) in [4.78, 5) is 36.6. The van der Waals surface area contributed by atoms with Gasteiger partial charge in [-0.15, -0.1) is 0 Å². The highest BCUT2D eigenvalue weighted by Gasteiger charge is 2.45. The average molecular weight is 682 g/mol. The number of hydrogen-bond acceptors (Lipinski definition) is 7. The first kappa shape index (κ1) is 33.5. The fraction of sp³-hybridized carbons (Fsp3) is 0.588. The third-order valence-electron chi connectivity index (χ3n) is 9.50. The van der Waals surface area contributed by atoms with Crippen molar-refractivity contribution in [1.29, 1.82) is 0 Å². The van der Waals surface area contributed by atoms with Crippen molar-refractivity contribution < 1.29 is 14.3 Å². The standard InChI is InChI=1S/C34H48ClN7O4Si/c1-34(2,3)46-33(44)39(5)23-16-21-10-11-22(17-23)42(21)32-36-30-28(31(43)40(32)6)25(19-41(30)20-45-14-15-47(7,8)9)24-12-13-27-26(29(24)35)18-38(4)37-27/h12-13,18-19,21-23H,10-11,14-17,20H2,1-9H3/t21-,22+,23?. The van der Waals surface area contributed by atoms with Crippen molar-refractivity contribution in [2.24, 2.45) is 14.1 Å². The molecule has 47 heavy (non-hydrogen) atoms. The minimum atomic E-state index is -1.29. The molecular weight excluding hydrogens is 634 g/mol. The number of hydrogen-bond donors (Lipinski definition) is 0. The zero-order valence-electron chi connectivity index (χ0n) is 29.1. The molecule has 254 valence electrons. The highest BCUT2D eigenvalue weighted by molar-refractivity contribution is 6.76. The van der Waals surface area contributed by atoms with Crippen LogP contribution >= 0.6 is 11.6 Å². The number of carbonyl (C=O) groups is 1. The molecule has 2 aliphatic heterocycles. The van der Waals surface area contributed by atoms with Crippen molar-refractivity contribution in [3.8, 4) is 11.1 Å². The van der Waals surface area contributed by atoms with Crippen LogP contribution in [0.2, 0.25) is 30.7 Å². The van der Waals surface area contributed by atoms with Gasteiger partial charge >= 0.3 is 6.09 Å². The molecular formula is C34H48ClN7O4Si. The van der Waals surface area contributed by atoms with Crippen LogP contribution in [-0.4, -0.2) is 80.3 Å². The van der Waals surface area contributed by atoms with Gasteiger partial charge in [0.15, 0.2) is 5.65 Å². The van der Waals surface area contributed by atoms with Crippen molar-refractivity contribution in [3.05, 3.63) is 39.9 Å². The van der Waals surface area contributed by atoms with Gasteiger partial charge in [-0.3, -0.25) is 14.0 Å². The van der Waals surface area contributed by atoms with Gasteiger partial charge in [-0.1, -0.05) is 37.3 Å². The molecule has 4 aromatic rings. The van der Waals surface area contributed by atoms with Crippen LogP contribution in [0.4, 0.5) is 10.7 Å². The molecule has 1 amide bonds. The summed E-state index contributed by atoms with van der Waals surface area (Å²) in [6.45, 7) is 13.6. The van der Waals surface area contributed by atoms with E-state index in [1.807, 2.05) is 64.0 Å². The summed E-state index contributed by atoms with van der Waals surface area (Å²) >= 11 is 7.00. The maximum Gasteiger partial charge on any atom is 0.410 e. The number of halogens is 1. The van der Waals surface area contributed by atoms with E-state index in [-0.39, 0.29) is 36.5 Å². The minimum Gasteiger partial charge on any atom is -0.444 e. The SMILES string of the molecule is CN(C(=O)OC(C)(C)C)C1C[C@H]2CC[C@@H](C1)N2c1nc2c(c(-c3ccc4nn(C)cc4c3Cl)cn2COCC[Si](C)(C)C)c(=O)n1C. The third-order valence-corrected chi connectivity index (χ3v) is 11.6. The monoisotopic (exact) mass is 681 g/mol. The van der Waals surface area contributed by atoms with Crippen LogP contribution in [0.3, 0.4) is 0 Å². The molecule has 6 rings (SSSR count). The average Bonchev–Trinajstić information content (AvgIpc) is 3.61. The normalized spacial score (nSPS) is 20.0. The molecule has 13 heteroatoms. The number of anilines is 1. The molecule has 1 unspecified atom stereocenters. The molecule has 0 N–H and O–H groups in total. The van der Waals surface area contributed by atoms with Crippen LogP contribution in [0.25, 0.3) is 33.1 Å². The Balaban J connectivity index is 1.39. The number of amides is 1. The highest BCUT2D eigenvalue weighted by Crippen LogP contribution is 2.42. The van der Waals surface area contributed by atoms with Crippen molar-refractivity contribution in [1.82, 2.24) is 28.8 Å². The smallest absolute Gasteiger partial charge is 0.410 e. The molecule has 1 aromatic carbocycles. The Kier molecular flexibility index (Phi) is 8.76. The van der Waals surface area contributed by atoms with Crippen LogP contribution in [0, 0.1) is 0 Å². The Bertz CT molecular complexity index is 1870. The highest BCUT2D eigenvalue weighted by atomic mass is 35.5. The van der Waals surface area contributed by atoms with E-state index in [4.69, 9.17) is 26.1 Å². The zero-order chi connectivity index (χ0) is 34.0. The van der Waals surface area contributed by atoms with Gasteiger partial charge in [0.1, 0.15) is 12.3 Å². The molecule has 0 saturated carbocycles. The van der Waals surface area contributed by atoms with Crippen molar-refractivity contribution in [3.63, 3.8) is 0 Å². The number of aromatic nitrogens is 5. The van der Waals surface area contributed by atoms with Gasteiger partial charge < -0.3 is 23.8 Å². The van der Waals surface area contributed by atoms with Crippen molar-refractivity contribution >= 4 is 53.7 Å². The van der Waals surface area contributed by atoms with Gasteiger partial charge in [-0.25, -0.2) is 4.79 Å². The van der Waals surface area contributed by atoms with E-state index in [1.165, 1.54) is 0 Å². The number of fused-ring (bicyclic) bond motifs is 4.